The van der Waals surface area contributed by atoms with Crippen LogP contribution in [0.2, 0.25) is 0 Å². The van der Waals surface area contributed by atoms with E-state index in [-0.39, 0.29) is 5.54 Å². The molecule has 1 rings (SSSR count). The average molecular weight is 266 g/mol. The van der Waals surface area contributed by atoms with Crippen LogP contribution >= 0.6 is 0 Å². The Labute approximate surface area is 118 Å². The Hall–Kier alpha value is -0.800. The first-order valence-electron chi connectivity index (χ1n) is 7.27. The van der Waals surface area contributed by atoms with Gasteiger partial charge in [-0.1, -0.05) is 13.8 Å². The van der Waals surface area contributed by atoms with Crippen molar-refractivity contribution in [2.75, 3.05) is 13.6 Å². The van der Waals surface area contributed by atoms with Crippen LogP contribution in [0.15, 0.2) is 16.5 Å². The fraction of sp³-hybridized carbons (Fsp3) is 0.750. The normalized spacial score (nSPS) is 12.6. The molecule has 1 aromatic heterocycles. The van der Waals surface area contributed by atoms with Crippen LogP contribution in [0.1, 0.15) is 52.6 Å². The SMILES string of the molecule is CC(C)CCN(C)Cc1ccc(CNC(C)(C)C)o1. The Bertz CT molecular complexity index is 363. The van der Waals surface area contributed by atoms with Gasteiger partial charge in [-0.15, -0.1) is 0 Å². The molecule has 110 valence electrons. The molecule has 0 spiro atoms. The number of nitrogens with zero attached hydrogens (tertiary/aromatic N) is 1. The Morgan fingerprint density at radius 2 is 1.84 bits per heavy atom. The molecule has 0 bridgehead atoms. The van der Waals surface area contributed by atoms with Gasteiger partial charge in [-0.3, -0.25) is 4.90 Å². The molecule has 0 aliphatic rings. The van der Waals surface area contributed by atoms with E-state index in [1.807, 2.05) is 0 Å². The summed E-state index contributed by atoms with van der Waals surface area (Å²) in [5.41, 5.74) is 0.126. The predicted octanol–water partition coefficient (Wildman–Crippen LogP) is 3.65. The van der Waals surface area contributed by atoms with Crippen molar-refractivity contribution in [1.82, 2.24) is 10.2 Å². The quantitative estimate of drug-likeness (QED) is 0.816. The number of hydrogen-bond donors (Lipinski definition) is 1. The molecule has 0 saturated heterocycles. The maximum Gasteiger partial charge on any atom is 0.118 e. The average Bonchev–Trinajstić information content (AvgIpc) is 2.70. The monoisotopic (exact) mass is 266 g/mol. The molecular weight excluding hydrogens is 236 g/mol. The summed E-state index contributed by atoms with van der Waals surface area (Å²) < 4.78 is 5.85. The van der Waals surface area contributed by atoms with Crippen LogP contribution in [0.4, 0.5) is 0 Å². The lowest BCUT2D eigenvalue weighted by molar-refractivity contribution is 0.272. The third-order valence-corrected chi connectivity index (χ3v) is 3.02. The summed E-state index contributed by atoms with van der Waals surface area (Å²) in [5, 5.41) is 3.44. The molecule has 0 radical (unpaired) electrons. The second-order valence-corrected chi connectivity index (χ2v) is 6.89. The lowest BCUT2D eigenvalue weighted by Gasteiger charge is -2.19. The second kappa shape index (κ2) is 7.11. The molecule has 1 N–H and O–H groups in total. The molecule has 3 heteroatoms. The largest absolute Gasteiger partial charge is 0.463 e. The van der Waals surface area contributed by atoms with Crippen molar-refractivity contribution in [1.29, 1.82) is 0 Å². The summed E-state index contributed by atoms with van der Waals surface area (Å²) in [6, 6.07) is 4.16. The zero-order chi connectivity index (χ0) is 14.5. The molecule has 1 heterocycles. The van der Waals surface area contributed by atoms with Gasteiger partial charge in [0.25, 0.3) is 0 Å². The maximum absolute atomic E-state index is 5.85. The van der Waals surface area contributed by atoms with Crippen LogP contribution in [0, 0.1) is 5.92 Å². The minimum Gasteiger partial charge on any atom is -0.463 e. The van der Waals surface area contributed by atoms with Crippen LogP contribution in [0.3, 0.4) is 0 Å². The molecule has 0 amide bonds. The first kappa shape index (κ1) is 16.3. The standard InChI is InChI=1S/C16H30N2O/c1-13(2)9-10-18(6)12-15-8-7-14(19-15)11-17-16(3,4)5/h7-8,13,17H,9-12H2,1-6H3. The van der Waals surface area contributed by atoms with Crippen LogP contribution in [-0.4, -0.2) is 24.0 Å². The van der Waals surface area contributed by atoms with E-state index < -0.39 is 0 Å². The Balaban J connectivity index is 2.38. The van der Waals surface area contributed by atoms with Gasteiger partial charge in [0.05, 0.1) is 13.1 Å². The summed E-state index contributed by atoms with van der Waals surface area (Å²) in [5.74, 6) is 2.82. The van der Waals surface area contributed by atoms with E-state index in [0.717, 1.165) is 37.1 Å². The minimum absolute atomic E-state index is 0.126. The smallest absolute Gasteiger partial charge is 0.118 e. The van der Waals surface area contributed by atoms with Gasteiger partial charge < -0.3 is 9.73 Å². The summed E-state index contributed by atoms with van der Waals surface area (Å²) in [6.07, 6.45) is 1.23. The van der Waals surface area contributed by atoms with Crippen molar-refractivity contribution in [2.45, 2.75) is 59.7 Å². The highest BCUT2D eigenvalue weighted by Gasteiger charge is 2.11. The summed E-state index contributed by atoms with van der Waals surface area (Å²) in [4.78, 5) is 2.32. The Kier molecular flexibility index (Phi) is 6.08. The molecule has 0 atom stereocenters. The molecule has 0 unspecified atom stereocenters. The van der Waals surface area contributed by atoms with E-state index in [1.54, 1.807) is 0 Å². The van der Waals surface area contributed by atoms with Crippen LogP contribution in [-0.2, 0) is 13.1 Å². The van der Waals surface area contributed by atoms with Gasteiger partial charge in [-0.25, -0.2) is 0 Å². The van der Waals surface area contributed by atoms with Crippen molar-refractivity contribution in [3.05, 3.63) is 23.7 Å². The first-order valence-corrected chi connectivity index (χ1v) is 7.27. The van der Waals surface area contributed by atoms with E-state index in [2.05, 4.69) is 64.0 Å². The maximum atomic E-state index is 5.85. The van der Waals surface area contributed by atoms with E-state index >= 15 is 0 Å². The summed E-state index contributed by atoms with van der Waals surface area (Å²) in [6.45, 7) is 13.8. The molecule has 0 aliphatic heterocycles. The van der Waals surface area contributed by atoms with Gasteiger partial charge in [0, 0.05) is 5.54 Å². The molecule has 0 fully saturated rings. The van der Waals surface area contributed by atoms with Gasteiger partial charge in [-0.2, -0.15) is 0 Å². The minimum atomic E-state index is 0.126. The van der Waals surface area contributed by atoms with Crippen molar-refractivity contribution in [2.24, 2.45) is 5.92 Å². The topological polar surface area (TPSA) is 28.4 Å². The van der Waals surface area contributed by atoms with Crippen molar-refractivity contribution in [3.8, 4) is 0 Å². The zero-order valence-electron chi connectivity index (χ0n) is 13.4. The first-order chi connectivity index (χ1) is 8.76. The second-order valence-electron chi connectivity index (χ2n) is 6.89. The van der Waals surface area contributed by atoms with Gasteiger partial charge in [0.2, 0.25) is 0 Å². The third kappa shape index (κ3) is 7.38. The molecule has 0 aromatic carbocycles. The zero-order valence-corrected chi connectivity index (χ0v) is 13.4. The Morgan fingerprint density at radius 1 is 1.21 bits per heavy atom. The lowest BCUT2D eigenvalue weighted by atomic mass is 10.1. The molecule has 19 heavy (non-hydrogen) atoms. The predicted molar refractivity (Wildman–Crippen MR) is 81.1 cm³/mol. The molecule has 1 aromatic rings. The highest BCUT2D eigenvalue weighted by molar-refractivity contribution is 5.07. The number of furan rings is 1. The highest BCUT2D eigenvalue weighted by atomic mass is 16.3. The molecule has 0 aliphatic carbocycles. The number of nitrogens with one attached hydrogen (secondary N) is 1. The number of rotatable bonds is 7. The van der Waals surface area contributed by atoms with E-state index in [1.165, 1.54) is 6.42 Å². The summed E-state index contributed by atoms with van der Waals surface area (Å²) >= 11 is 0. The summed E-state index contributed by atoms with van der Waals surface area (Å²) in [7, 11) is 2.15. The van der Waals surface area contributed by atoms with E-state index in [0.29, 0.717) is 0 Å². The molecule has 0 saturated carbocycles. The van der Waals surface area contributed by atoms with E-state index in [4.69, 9.17) is 4.42 Å². The van der Waals surface area contributed by atoms with Crippen molar-refractivity contribution < 1.29 is 4.42 Å². The van der Waals surface area contributed by atoms with Gasteiger partial charge in [0.1, 0.15) is 11.5 Å². The third-order valence-electron chi connectivity index (χ3n) is 3.02. The Morgan fingerprint density at radius 3 is 2.42 bits per heavy atom. The van der Waals surface area contributed by atoms with Crippen LogP contribution in [0.5, 0.6) is 0 Å². The molecular formula is C16H30N2O. The lowest BCUT2D eigenvalue weighted by Crippen LogP contribution is -2.34. The molecule has 3 nitrogen and oxygen atoms in total. The van der Waals surface area contributed by atoms with Gasteiger partial charge >= 0.3 is 0 Å². The fourth-order valence-corrected chi connectivity index (χ4v) is 1.78. The van der Waals surface area contributed by atoms with Crippen LogP contribution in [0.25, 0.3) is 0 Å². The fourth-order valence-electron chi connectivity index (χ4n) is 1.78. The van der Waals surface area contributed by atoms with Crippen molar-refractivity contribution in [3.63, 3.8) is 0 Å². The van der Waals surface area contributed by atoms with Gasteiger partial charge in [0.15, 0.2) is 0 Å². The van der Waals surface area contributed by atoms with Crippen molar-refractivity contribution >= 4 is 0 Å². The van der Waals surface area contributed by atoms with E-state index in [9.17, 15) is 0 Å². The van der Waals surface area contributed by atoms with Crippen LogP contribution < -0.4 is 5.32 Å². The van der Waals surface area contributed by atoms with Gasteiger partial charge in [-0.05, 0) is 58.8 Å². The number of hydrogen-bond acceptors (Lipinski definition) is 3. The highest BCUT2D eigenvalue weighted by Crippen LogP contribution is 2.12.